The van der Waals surface area contributed by atoms with E-state index in [1.807, 2.05) is 24.9 Å². The molecule has 0 aliphatic heterocycles. The first-order valence-corrected chi connectivity index (χ1v) is 6.07. The molecule has 4 heteroatoms. The molecule has 1 aromatic rings. The highest BCUT2D eigenvalue weighted by Crippen LogP contribution is 2.11. The van der Waals surface area contributed by atoms with Gasteiger partial charge in [-0.25, -0.2) is 4.39 Å². The zero-order chi connectivity index (χ0) is 13.7. The van der Waals surface area contributed by atoms with Gasteiger partial charge in [0.15, 0.2) is 0 Å². The number of carboxylic acid groups (broad SMARTS) is 1. The first-order valence-electron chi connectivity index (χ1n) is 6.07. The number of benzene rings is 1. The number of hydrogen-bond donors (Lipinski definition) is 1. The van der Waals surface area contributed by atoms with E-state index in [-0.39, 0.29) is 11.9 Å². The molecule has 0 radical (unpaired) electrons. The average molecular weight is 253 g/mol. The number of likely N-dealkylation sites (N-methyl/N-ethyl adjacent to an activating group) is 1. The number of hydrogen-bond acceptors (Lipinski definition) is 2. The standard InChI is InChI=1S/C14H20FNO2/c1-10(14(17)18)9-16(3)11(2)7-12-5-4-6-13(15)8-12/h4-6,8,10-11H,7,9H2,1-3H3,(H,17,18). The molecular weight excluding hydrogens is 233 g/mol. The van der Waals surface area contributed by atoms with Crippen molar-refractivity contribution in [2.24, 2.45) is 5.92 Å². The van der Waals surface area contributed by atoms with E-state index in [9.17, 15) is 9.18 Å². The molecule has 0 amide bonds. The summed E-state index contributed by atoms with van der Waals surface area (Å²) in [7, 11) is 1.89. The predicted molar refractivity (Wildman–Crippen MR) is 69.0 cm³/mol. The summed E-state index contributed by atoms with van der Waals surface area (Å²) in [6.45, 7) is 4.19. The Morgan fingerprint density at radius 2 is 2.11 bits per heavy atom. The van der Waals surface area contributed by atoms with Gasteiger partial charge in [-0.1, -0.05) is 19.1 Å². The van der Waals surface area contributed by atoms with Crippen LogP contribution in [0.25, 0.3) is 0 Å². The first-order chi connectivity index (χ1) is 8.40. The molecular formula is C14H20FNO2. The topological polar surface area (TPSA) is 40.5 Å². The van der Waals surface area contributed by atoms with Crippen LogP contribution < -0.4 is 0 Å². The van der Waals surface area contributed by atoms with Crippen molar-refractivity contribution >= 4 is 5.97 Å². The molecule has 0 spiro atoms. The Morgan fingerprint density at radius 3 is 2.67 bits per heavy atom. The SMILES string of the molecule is CC(CN(C)C(C)Cc1cccc(F)c1)C(=O)O. The van der Waals surface area contributed by atoms with Crippen molar-refractivity contribution in [3.63, 3.8) is 0 Å². The maximum Gasteiger partial charge on any atom is 0.307 e. The van der Waals surface area contributed by atoms with Crippen LogP contribution in [0.4, 0.5) is 4.39 Å². The molecule has 2 atom stereocenters. The molecule has 1 aromatic carbocycles. The van der Waals surface area contributed by atoms with Gasteiger partial charge >= 0.3 is 5.97 Å². The van der Waals surface area contributed by atoms with Crippen molar-refractivity contribution in [1.29, 1.82) is 0 Å². The molecule has 3 nitrogen and oxygen atoms in total. The van der Waals surface area contributed by atoms with Crippen LogP contribution in [0.15, 0.2) is 24.3 Å². The number of aliphatic carboxylic acids is 1. The molecule has 0 saturated carbocycles. The van der Waals surface area contributed by atoms with Crippen LogP contribution in [0, 0.1) is 11.7 Å². The number of halogens is 1. The van der Waals surface area contributed by atoms with E-state index < -0.39 is 11.9 Å². The molecule has 100 valence electrons. The summed E-state index contributed by atoms with van der Waals surface area (Å²) < 4.78 is 13.0. The van der Waals surface area contributed by atoms with Gasteiger partial charge in [-0.15, -0.1) is 0 Å². The quantitative estimate of drug-likeness (QED) is 0.846. The second-order valence-corrected chi connectivity index (χ2v) is 4.86. The van der Waals surface area contributed by atoms with Gasteiger partial charge in [0, 0.05) is 12.6 Å². The minimum absolute atomic E-state index is 0.175. The number of carbonyl (C=O) groups is 1. The monoisotopic (exact) mass is 253 g/mol. The smallest absolute Gasteiger partial charge is 0.307 e. The summed E-state index contributed by atoms with van der Waals surface area (Å²) in [5, 5.41) is 8.86. The lowest BCUT2D eigenvalue weighted by molar-refractivity contribution is -0.141. The van der Waals surface area contributed by atoms with Crippen molar-refractivity contribution in [1.82, 2.24) is 4.90 Å². The average Bonchev–Trinajstić information content (AvgIpc) is 2.28. The summed E-state index contributed by atoms with van der Waals surface area (Å²) in [4.78, 5) is 12.8. The zero-order valence-corrected chi connectivity index (χ0v) is 11.1. The van der Waals surface area contributed by atoms with E-state index in [0.29, 0.717) is 13.0 Å². The van der Waals surface area contributed by atoms with Crippen LogP contribution in [-0.4, -0.2) is 35.6 Å². The highest BCUT2D eigenvalue weighted by Gasteiger charge is 2.17. The molecule has 0 aromatic heterocycles. The maximum atomic E-state index is 13.0. The Labute approximate surface area is 107 Å². The van der Waals surface area contributed by atoms with E-state index >= 15 is 0 Å². The lowest BCUT2D eigenvalue weighted by Gasteiger charge is -2.26. The Hall–Kier alpha value is -1.42. The molecule has 0 heterocycles. The van der Waals surface area contributed by atoms with Crippen LogP contribution in [0.1, 0.15) is 19.4 Å². The molecule has 1 N–H and O–H groups in total. The highest BCUT2D eigenvalue weighted by molar-refractivity contribution is 5.69. The van der Waals surface area contributed by atoms with Gasteiger partial charge in [-0.3, -0.25) is 4.79 Å². The lowest BCUT2D eigenvalue weighted by atomic mass is 10.0. The van der Waals surface area contributed by atoms with Crippen LogP contribution in [0.2, 0.25) is 0 Å². The largest absolute Gasteiger partial charge is 0.481 e. The normalized spacial score (nSPS) is 14.5. The fraction of sp³-hybridized carbons (Fsp3) is 0.500. The molecule has 1 rings (SSSR count). The van der Waals surface area contributed by atoms with Crippen LogP contribution >= 0.6 is 0 Å². The summed E-state index contributed by atoms with van der Waals surface area (Å²) in [6.07, 6.45) is 0.709. The lowest BCUT2D eigenvalue weighted by Crippen LogP contribution is -2.36. The molecule has 0 bridgehead atoms. The third-order valence-electron chi connectivity index (χ3n) is 3.16. The Balaban J connectivity index is 2.54. The van der Waals surface area contributed by atoms with Crippen molar-refractivity contribution < 1.29 is 14.3 Å². The molecule has 18 heavy (non-hydrogen) atoms. The Kier molecular flexibility index (Phi) is 5.28. The zero-order valence-electron chi connectivity index (χ0n) is 11.1. The molecule has 0 aliphatic rings. The minimum atomic E-state index is -0.792. The third-order valence-corrected chi connectivity index (χ3v) is 3.16. The molecule has 0 fully saturated rings. The molecule has 0 saturated heterocycles. The van der Waals surface area contributed by atoms with Crippen molar-refractivity contribution in [3.8, 4) is 0 Å². The summed E-state index contributed by atoms with van der Waals surface area (Å²) in [6, 6.07) is 6.69. The number of carboxylic acids is 1. The fourth-order valence-electron chi connectivity index (χ4n) is 1.85. The third kappa shape index (κ3) is 4.45. The summed E-state index contributed by atoms with van der Waals surface area (Å²) in [5.74, 6) is -1.42. The Morgan fingerprint density at radius 1 is 1.44 bits per heavy atom. The molecule has 0 aliphatic carbocycles. The van der Waals surface area contributed by atoms with Gasteiger partial charge in [0.25, 0.3) is 0 Å². The molecule has 2 unspecified atom stereocenters. The Bertz CT molecular complexity index is 409. The predicted octanol–water partition coefficient (Wildman–Crippen LogP) is 2.41. The minimum Gasteiger partial charge on any atom is -0.481 e. The van der Waals surface area contributed by atoms with Crippen molar-refractivity contribution in [3.05, 3.63) is 35.6 Å². The number of rotatable bonds is 6. The van der Waals surface area contributed by atoms with Gasteiger partial charge in [0.1, 0.15) is 5.82 Å². The number of nitrogens with zero attached hydrogens (tertiary/aromatic N) is 1. The van der Waals surface area contributed by atoms with Crippen LogP contribution in [-0.2, 0) is 11.2 Å². The van der Waals surface area contributed by atoms with Gasteiger partial charge in [-0.2, -0.15) is 0 Å². The van der Waals surface area contributed by atoms with E-state index in [2.05, 4.69) is 0 Å². The second kappa shape index (κ2) is 6.50. The summed E-state index contributed by atoms with van der Waals surface area (Å²) in [5.41, 5.74) is 0.928. The van der Waals surface area contributed by atoms with E-state index in [4.69, 9.17) is 5.11 Å². The summed E-state index contributed by atoms with van der Waals surface area (Å²) >= 11 is 0. The second-order valence-electron chi connectivity index (χ2n) is 4.86. The van der Waals surface area contributed by atoms with E-state index in [1.54, 1.807) is 13.0 Å². The van der Waals surface area contributed by atoms with Crippen molar-refractivity contribution in [2.75, 3.05) is 13.6 Å². The highest BCUT2D eigenvalue weighted by atomic mass is 19.1. The fourth-order valence-corrected chi connectivity index (χ4v) is 1.85. The van der Waals surface area contributed by atoms with Gasteiger partial charge < -0.3 is 10.0 Å². The maximum absolute atomic E-state index is 13.0. The van der Waals surface area contributed by atoms with Gasteiger partial charge in [0.05, 0.1) is 5.92 Å². The van der Waals surface area contributed by atoms with Crippen LogP contribution in [0.3, 0.4) is 0 Å². The van der Waals surface area contributed by atoms with Crippen LogP contribution in [0.5, 0.6) is 0 Å². The van der Waals surface area contributed by atoms with Gasteiger partial charge in [0.2, 0.25) is 0 Å². The van der Waals surface area contributed by atoms with E-state index in [0.717, 1.165) is 5.56 Å². The van der Waals surface area contributed by atoms with Gasteiger partial charge in [-0.05, 0) is 38.1 Å². The van der Waals surface area contributed by atoms with Crippen molar-refractivity contribution in [2.45, 2.75) is 26.3 Å². The first kappa shape index (κ1) is 14.6. The van der Waals surface area contributed by atoms with E-state index in [1.165, 1.54) is 12.1 Å².